The molecule has 0 atom stereocenters. The second kappa shape index (κ2) is 4.13. The first-order chi connectivity index (χ1) is 6.99. The quantitative estimate of drug-likeness (QED) is 0.584. The van der Waals surface area contributed by atoms with Gasteiger partial charge >= 0.3 is 0 Å². The summed E-state index contributed by atoms with van der Waals surface area (Å²) in [6, 6.07) is 2.53. The Labute approximate surface area is 87.2 Å². The van der Waals surface area contributed by atoms with E-state index >= 15 is 0 Å². The van der Waals surface area contributed by atoms with Gasteiger partial charge in [-0.25, -0.2) is 0 Å². The van der Waals surface area contributed by atoms with Crippen molar-refractivity contribution in [2.24, 2.45) is 0 Å². The maximum atomic E-state index is 11.5. The third-order valence-corrected chi connectivity index (χ3v) is 2.22. The molecule has 0 spiro atoms. The zero-order valence-corrected chi connectivity index (χ0v) is 8.57. The molecule has 0 aliphatic rings. The van der Waals surface area contributed by atoms with E-state index < -0.39 is 11.6 Å². The summed E-state index contributed by atoms with van der Waals surface area (Å²) in [6.07, 6.45) is 0.0954. The van der Waals surface area contributed by atoms with Crippen molar-refractivity contribution in [1.29, 1.82) is 0 Å². The summed E-state index contributed by atoms with van der Waals surface area (Å²) in [5, 5.41) is 18.8. The molecule has 1 rings (SSSR count). The van der Waals surface area contributed by atoms with Crippen LogP contribution in [0.3, 0.4) is 0 Å². The molecule has 1 aromatic carbocycles. The molecule has 4 heteroatoms. The van der Waals surface area contributed by atoms with Gasteiger partial charge in [-0.15, -0.1) is 0 Å². The highest BCUT2D eigenvalue weighted by Gasteiger charge is 2.19. The van der Waals surface area contributed by atoms with E-state index in [4.69, 9.17) is 0 Å². The average Bonchev–Trinajstić information content (AvgIpc) is 2.24. The SMILES string of the molecule is CCC(=O)C(=O)c1ccc(O)c(C)c1O. The molecule has 4 nitrogen and oxygen atoms in total. The van der Waals surface area contributed by atoms with Gasteiger partial charge in [-0.3, -0.25) is 9.59 Å². The van der Waals surface area contributed by atoms with Gasteiger partial charge in [0.2, 0.25) is 11.6 Å². The number of hydrogen-bond donors (Lipinski definition) is 2. The lowest BCUT2D eigenvalue weighted by Crippen LogP contribution is -2.13. The fourth-order valence-electron chi connectivity index (χ4n) is 1.18. The molecule has 15 heavy (non-hydrogen) atoms. The number of carbonyl (C=O) groups is 2. The number of aromatic hydroxyl groups is 2. The van der Waals surface area contributed by atoms with Gasteiger partial charge in [-0.2, -0.15) is 0 Å². The number of benzene rings is 1. The normalized spacial score (nSPS) is 10.0. The molecule has 2 N–H and O–H groups in total. The van der Waals surface area contributed by atoms with Gasteiger partial charge in [0.25, 0.3) is 0 Å². The van der Waals surface area contributed by atoms with Crippen LogP contribution in [-0.4, -0.2) is 21.8 Å². The van der Waals surface area contributed by atoms with E-state index in [9.17, 15) is 19.8 Å². The van der Waals surface area contributed by atoms with Crippen molar-refractivity contribution in [3.8, 4) is 11.5 Å². The van der Waals surface area contributed by atoms with Crippen molar-refractivity contribution in [1.82, 2.24) is 0 Å². The number of hydrogen-bond acceptors (Lipinski definition) is 4. The van der Waals surface area contributed by atoms with Gasteiger partial charge in [0, 0.05) is 12.0 Å². The van der Waals surface area contributed by atoms with E-state index in [1.54, 1.807) is 6.92 Å². The van der Waals surface area contributed by atoms with Crippen molar-refractivity contribution >= 4 is 11.6 Å². The Kier molecular flexibility index (Phi) is 3.09. The Bertz CT molecular complexity index is 421. The zero-order valence-electron chi connectivity index (χ0n) is 8.57. The molecule has 0 aromatic heterocycles. The molecule has 0 amide bonds. The lowest BCUT2D eigenvalue weighted by molar-refractivity contribution is -0.114. The van der Waals surface area contributed by atoms with Gasteiger partial charge in [-0.05, 0) is 19.1 Å². The van der Waals surface area contributed by atoms with Crippen LogP contribution >= 0.6 is 0 Å². The van der Waals surface area contributed by atoms with E-state index in [1.807, 2.05) is 0 Å². The van der Waals surface area contributed by atoms with Crippen LogP contribution in [0.1, 0.15) is 29.3 Å². The summed E-state index contributed by atoms with van der Waals surface area (Å²) >= 11 is 0. The summed E-state index contributed by atoms with van der Waals surface area (Å²) in [7, 11) is 0. The molecule has 0 saturated carbocycles. The number of Topliss-reactive ketones (excluding diaryl/α,β-unsaturated/α-hetero) is 2. The van der Waals surface area contributed by atoms with Gasteiger partial charge < -0.3 is 10.2 Å². The van der Waals surface area contributed by atoms with E-state index in [0.29, 0.717) is 0 Å². The van der Waals surface area contributed by atoms with Gasteiger partial charge in [0.15, 0.2) is 0 Å². The molecule has 0 saturated heterocycles. The van der Waals surface area contributed by atoms with Crippen LogP contribution < -0.4 is 0 Å². The maximum absolute atomic E-state index is 11.5. The molecule has 0 aliphatic carbocycles. The summed E-state index contributed by atoms with van der Waals surface area (Å²) in [5.74, 6) is -1.72. The summed E-state index contributed by atoms with van der Waals surface area (Å²) in [6.45, 7) is 3.04. The first-order valence-electron chi connectivity index (χ1n) is 4.58. The highest BCUT2D eigenvalue weighted by molar-refractivity contribution is 6.44. The molecular formula is C11H12O4. The van der Waals surface area contributed by atoms with Crippen LogP contribution in [0.4, 0.5) is 0 Å². The first-order valence-corrected chi connectivity index (χ1v) is 4.58. The second-order valence-corrected chi connectivity index (χ2v) is 3.21. The summed E-state index contributed by atoms with van der Waals surface area (Å²) < 4.78 is 0. The third kappa shape index (κ3) is 1.98. The minimum Gasteiger partial charge on any atom is -0.508 e. The predicted octanol–water partition coefficient (Wildman–Crippen LogP) is 1.57. The Morgan fingerprint density at radius 1 is 1.27 bits per heavy atom. The average molecular weight is 208 g/mol. The van der Waals surface area contributed by atoms with Crippen LogP contribution in [-0.2, 0) is 4.79 Å². The fourth-order valence-corrected chi connectivity index (χ4v) is 1.18. The van der Waals surface area contributed by atoms with E-state index in [0.717, 1.165) is 0 Å². The largest absolute Gasteiger partial charge is 0.508 e. The molecular weight excluding hydrogens is 196 g/mol. The van der Waals surface area contributed by atoms with Gasteiger partial charge in [0.05, 0.1) is 5.56 Å². The lowest BCUT2D eigenvalue weighted by Gasteiger charge is -2.06. The van der Waals surface area contributed by atoms with Crippen molar-refractivity contribution in [2.45, 2.75) is 20.3 Å². The van der Waals surface area contributed by atoms with Crippen LogP contribution in [0.15, 0.2) is 12.1 Å². The van der Waals surface area contributed by atoms with Crippen molar-refractivity contribution in [3.63, 3.8) is 0 Å². The molecule has 0 fully saturated rings. The van der Waals surface area contributed by atoms with Crippen molar-refractivity contribution in [3.05, 3.63) is 23.3 Å². The number of carbonyl (C=O) groups excluding carboxylic acids is 2. The van der Waals surface area contributed by atoms with E-state index in [2.05, 4.69) is 0 Å². The predicted molar refractivity (Wildman–Crippen MR) is 54.1 cm³/mol. The minimum atomic E-state index is -0.724. The number of phenols is 2. The van der Waals surface area contributed by atoms with Crippen LogP contribution in [0.25, 0.3) is 0 Å². The summed E-state index contributed by atoms with van der Waals surface area (Å²) in [5.41, 5.74) is 0.141. The Morgan fingerprint density at radius 3 is 2.40 bits per heavy atom. The van der Waals surface area contributed by atoms with Crippen molar-refractivity contribution in [2.75, 3.05) is 0 Å². The summed E-state index contributed by atoms with van der Waals surface area (Å²) in [4.78, 5) is 22.6. The molecule has 0 radical (unpaired) electrons. The van der Waals surface area contributed by atoms with Gasteiger partial charge in [0.1, 0.15) is 11.5 Å². The van der Waals surface area contributed by atoms with E-state index in [1.165, 1.54) is 19.1 Å². The molecule has 0 unspecified atom stereocenters. The monoisotopic (exact) mass is 208 g/mol. The third-order valence-electron chi connectivity index (χ3n) is 2.22. The molecule has 80 valence electrons. The smallest absolute Gasteiger partial charge is 0.232 e. The number of rotatable bonds is 3. The zero-order chi connectivity index (χ0) is 11.6. The Hall–Kier alpha value is -1.84. The standard InChI is InChI=1S/C11H12O4/c1-3-8(12)11(15)7-4-5-9(13)6(2)10(7)14/h4-5,13-14H,3H2,1-2H3. The Balaban J connectivity index is 3.22. The van der Waals surface area contributed by atoms with Crippen LogP contribution in [0.5, 0.6) is 11.5 Å². The van der Waals surface area contributed by atoms with Gasteiger partial charge in [-0.1, -0.05) is 6.92 Å². The molecule has 0 heterocycles. The molecule has 1 aromatic rings. The topological polar surface area (TPSA) is 74.6 Å². The van der Waals surface area contributed by atoms with Crippen LogP contribution in [0.2, 0.25) is 0 Å². The van der Waals surface area contributed by atoms with Crippen molar-refractivity contribution < 1.29 is 19.8 Å². The van der Waals surface area contributed by atoms with Crippen LogP contribution in [0, 0.1) is 6.92 Å². The Morgan fingerprint density at radius 2 is 1.87 bits per heavy atom. The maximum Gasteiger partial charge on any atom is 0.232 e. The molecule has 0 bridgehead atoms. The minimum absolute atomic E-state index is 0.0582. The lowest BCUT2D eigenvalue weighted by atomic mass is 10.0. The second-order valence-electron chi connectivity index (χ2n) is 3.21. The molecule has 0 aliphatic heterocycles. The fraction of sp³-hybridized carbons (Fsp3) is 0.273. The highest BCUT2D eigenvalue weighted by atomic mass is 16.3. The highest BCUT2D eigenvalue weighted by Crippen LogP contribution is 2.29. The first kappa shape index (κ1) is 11.2. The number of ketones is 2. The van der Waals surface area contributed by atoms with E-state index in [-0.39, 0.29) is 29.0 Å². The number of phenolic OH excluding ortho intramolecular Hbond substituents is 2.